The third kappa shape index (κ3) is 5.50. The Morgan fingerprint density at radius 2 is 1.24 bits per heavy atom. The number of rotatable bonds is 6. The van der Waals surface area contributed by atoms with E-state index >= 15 is 0 Å². The van der Waals surface area contributed by atoms with Gasteiger partial charge in [-0.3, -0.25) is 0 Å². The summed E-state index contributed by atoms with van der Waals surface area (Å²) in [5.41, 5.74) is 2.12. The number of hydrogen-bond acceptors (Lipinski definition) is 3. The largest absolute Gasteiger partial charge is 0.491 e. The molecule has 0 aliphatic heterocycles. The molecule has 2 aromatic rings. The van der Waals surface area contributed by atoms with E-state index in [1.807, 2.05) is 45.0 Å². The quantitative estimate of drug-likeness (QED) is 0.807. The van der Waals surface area contributed by atoms with Crippen LogP contribution in [0.4, 0.5) is 0 Å². The average Bonchev–Trinajstić information content (AvgIpc) is 2.52. The molecule has 0 aliphatic rings. The van der Waals surface area contributed by atoms with Gasteiger partial charge in [0.2, 0.25) is 0 Å². The van der Waals surface area contributed by atoms with Gasteiger partial charge in [0, 0.05) is 5.41 Å². The monoisotopic (exact) mass is 342 g/mol. The van der Waals surface area contributed by atoms with E-state index in [9.17, 15) is 5.11 Å². The third-order valence-corrected chi connectivity index (χ3v) is 4.07. The molecule has 0 aromatic heterocycles. The maximum Gasteiger partial charge on any atom is 0.120 e. The highest BCUT2D eigenvalue weighted by atomic mass is 16.5. The first-order valence-corrected chi connectivity index (χ1v) is 8.79. The molecule has 0 saturated heterocycles. The van der Waals surface area contributed by atoms with Gasteiger partial charge in [-0.2, -0.15) is 0 Å². The van der Waals surface area contributed by atoms with Crippen molar-refractivity contribution in [3.63, 3.8) is 0 Å². The Kier molecular flexibility index (Phi) is 5.79. The summed E-state index contributed by atoms with van der Waals surface area (Å²) >= 11 is 0. The van der Waals surface area contributed by atoms with E-state index in [0.29, 0.717) is 6.61 Å². The molecule has 1 atom stereocenters. The number of ether oxygens (including phenoxy) is 2. The van der Waals surface area contributed by atoms with Gasteiger partial charge in [-0.25, -0.2) is 0 Å². The Morgan fingerprint density at radius 3 is 1.64 bits per heavy atom. The summed E-state index contributed by atoms with van der Waals surface area (Å²) in [6.45, 7) is 12.6. The van der Waals surface area contributed by atoms with Crippen LogP contribution in [0.1, 0.15) is 52.7 Å². The molecule has 0 fully saturated rings. The van der Waals surface area contributed by atoms with Crippen LogP contribution in [0.25, 0.3) is 0 Å². The highest BCUT2D eigenvalue weighted by Crippen LogP contribution is 2.33. The van der Waals surface area contributed by atoms with Gasteiger partial charge in [-0.1, -0.05) is 38.1 Å². The van der Waals surface area contributed by atoms with Crippen LogP contribution < -0.4 is 9.47 Å². The molecular formula is C22H30O3. The average molecular weight is 342 g/mol. The maximum absolute atomic E-state index is 9.30. The van der Waals surface area contributed by atoms with Crippen LogP contribution in [0.3, 0.4) is 0 Å². The van der Waals surface area contributed by atoms with Gasteiger partial charge in [0.1, 0.15) is 23.7 Å². The van der Waals surface area contributed by atoms with Crippen molar-refractivity contribution in [3.05, 3.63) is 59.7 Å². The van der Waals surface area contributed by atoms with Crippen LogP contribution in [0.5, 0.6) is 11.5 Å². The van der Waals surface area contributed by atoms with Crippen molar-refractivity contribution in [1.29, 1.82) is 0 Å². The van der Waals surface area contributed by atoms with E-state index in [1.54, 1.807) is 6.92 Å². The van der Waals surface area contributed by atoms with E-state index in [0.717, 1.165) is 11.5 Å². The molecule has 0 saturated carbocycles. The second kappa shape index (κ2) is 7.49. The lowest BCUT2D eigenvalue weighted by atomic mass is 9.78. The number of benzene rings is 2. The molecule has 0 bridgehead atoms. The van der Waals surface area contributed by atoms with Gasteiger partial charge in [0.05, 0.1) is 6.10 Å². The molecule has 0 spiro atoms. The number of hydrogen-bond donors (Lipinski definition) is 1. The zero-order chi connectivity index (χ0) is 18.7. The smallest absolute Gasteiger partial charge is 0.120 e. The summed E-state index contributed by atoms with van der Waals surface area (Å²) in [7, 11) is 0. The van der Waals surface area contributed by atoms with Crippen LogP contribution in [-0.2, 0) is 5.41 Å². The minimum Gasteiger partial charge on any atom is -0.491 e. The van der Waals surface area contributed by atoms with Crippen LogP contribution in [0.15, 0.2) is 48.5 Å². The SMILES string of the molecule is CC(O)COc1ccc(C(C)(C)c2ccc(OC(C)(C)C)cc2)cc1. The molecule has 0 heterocycles. The normalized spacial score (nSPS) is 13.4. The van der Waals surface area contributed by atoms with Gasteiger partial charge >= 0.3 is 0 Å². The molecule has 1 N–H and O–H groups in total. The lowest BCUT2D eigenvalue weighted by Crippen LogP contribution is -2.23. The Labute approximate surface area is 151 Å². The zero-order valence-corrected chi connectivity index (χ0v) is 16.2. The molecule has 0 radical (unpaired) electrons. The predicted octanol–water partition coefficient (Wildman–Crippen LogP) is 4.95. The van der Waals surface area contributed by atoms with Gasteiger partial charge in [-0.05, 0) is 63.1 Å². The summed E-state index contributed by atoms with van der Waals surface area (Å²) < 4.78 is 11.4. The molecule has 1 unspecified atom stereocenters. The van der Waals surface area contributed by atoms with Crippen LogP contribution in [-0.4, -0.2) is 23.4 Å². The molecule has 0 aliphatic carbocycles. The van der Waals surface area contributed by atoms with Gasteiger partial charge < -0.3 is 14.6 Å². The second-order valence-electron chi connectivity index (χ2n) is 8.05. The molecule has 2 rings (SSSR count). The Bertz CT molecular complexity index is 662. The van der Waals surface area contributed by atoms with Crippen molar-refractivity contribution in [2.75, 3.05) is 6.61 Å². The van der Waals surface area contributed by atoms with E-state index in [-0.39, 0.29) is 11.0 Å². The molecule has 3 nitrogen and oxygen atoms in total. The fourth-order valence-electron chi connectivity index (χ4n) is 2.64. The van der Waals surface area contributed by atoms with E-state index in [2.05, 4.69) is 38.1 Å². The first kappa shape index (κ1) is 19.3. The van der Waals surface area contributed by atoms with Gasteiger partial charge in [0.15, 0.2) is 0 Å². The van der Waals surface area contributed by atoms with Crippen molar-refractivity contribution >= 4 is 0 Å². The molecule has 3 heteroatoms. The van der Waals surface area contributed by atoms with Crippen LogP contribution in [0.2, 0.25) is 0 Å². The minimum atomic E-state index is -0.468. The Hall–Kier alpha value is -2.00. The van der Waals surface area contributed by atoms with E-state index < -0.39 is 6.10 Å². The Morgan fingerprint density at radius 1 is 0.800 bits per heavy atom. The summed E-state index contributed by atoms with van der Waals surface area (Å²) in [6.07, 6.45) is -0.468. The first-order chi connectivity index (χ1) is 11.6. The third-order valence-electron chi connectivity index (χ3n) is 4.07. The topological polar surface area (TPSA) is 38.7 Å². The predicted molar refractivity (Wildman–Crippen MR) is 103 cm³/mol. The number of aliphatic hydroxyl groups is 1. The zero-order valence-electron chi connectivity index (χ0n) is 16.2. The Balaban J connectivity index is 2.14. The lowest BCUT2D eigenvalue weighted by molar-refractivity contribution is 0.122. The molecule has 0 amide bonds. The van der Waals surface area contributed by atoms with Crippen molar-refractivity contribution in [2.45, 2.75) is 58.7 Å². The van der Waals surface area contributed by atoms with Gasteiger partial charge in [-0.15, -0.1) is 0 Å². The molecule has 136 valence electrons. The fourth-order valence-corrected chi connectivity index (χ4v) is 2.64. The molecular weight excluding hydrogens is 312 g/mol. The maximum atomic E-state index is 9.30. The number of aliphatic hydroxyl groups excluding tert-OH is 1. The lowest BCUT2D eigenvalue weighted by Gasteiger charge is -2.27. The summed E-state index contributed by atoms with van der Waals surface area (Å²) in [6, 6.07) is 16.4. The highest BCUT2D eigenvalue weighted by molar-refractivity contribution is 5.41. The summed E-state index contributed by atoms with van der Waals surface area (Å²) in [4.78, 5) is 0. The van der Waals surface area contributed by atoms with Crippen molar-refractivity contribution in [3.8, 4) is 11.5 Å². The summed E-state index contributed by atoms with van der Waals surface area (Å²) in [5, 5.41) is 9.30. The van der Waals surface area contributed by atoms with Crippen LogP contribution in [0, 0.1) is 0 Å². The molecule has 25 heavy (non-hydrogen) atoms. The standard InChI is InChI=1S/C22H30O3/c1-16(23)15-24-19-11-7-17(8-12-19)22(5,6)18-9-13-20(14-10-18)25-21(2,3)4/h7-14,16,23H,15H2,1-6H3. The minimum absolute atomic E-state index is 0.122. The van der Waals surface area contributed by atoms with Crippen molar-refractivity contribution < 1.29 is 14.6 Å². The first-order valence-electron chi connectivity index (χ1n) is 8.79. The van der Waals surface area contributed by atoms with Crippen molar-refractivity contribution in [1.82, 2.24) is 0 Å². The fraction of sp³-hybridized carbons (Fsp3) is 0.455. The second-order valence-corrected chi connectivity index (χ2v) is 8.05. The molecule has 2 aromatic carbocycles. The highest BCUT2D eigenvalue weighted by Gasteiger charge is 2.23. The summed E-state index contributed by atoms with van der Waals surface area (Å²) in [5.74, 6) is 1.66. The van der Waals surface area contributed by atoms with Crippen molar-refractivity contribution in [2.24, 2.45) is 0 Å². The van der Waals surface area contributed by atoms with E-state index in [4.69, 9.17) is 9.47 Å². The van der Waals surface area contributed by atoms with E-state index in [1.165, 1.54) is 11.1 Å². The van der Waals surface area contributed by atoms with Crippen LogP contribution >= 0.6 is 0 Å². The van der Waals surface area contributed by atoms with Gasteiger partial charge in [0.25, 0.3) is 0 Å².